The maximum atomic E-state index is 13.7. The number of hydrogen-bond acceptors (Lipinski definition) is 3. The van der Waals surface area contributed by atoms with Gasteiger partial charge in [-0.2, -0.15) is 0 Å². The number of carbonyl (C=O) groups excluding carboxylic acids is 2. The lowest BCUT2D eigenvalue weighted by atomic mass is 9.94. The molecule has 1 amide bonds. The van der Waals surface area contributed by atoms with E-state index < -0.39 is 18.1 Å². The van der Waals surface area contributed by atoms with Crippen LogP contribution in [0.4, 0.5) is 17.6 Å². The fourth-order valence-electron chi connectivity index (χ4n) is 4.35. The summed E-state index contributed by atoms with van der Waals surface area (Å²) < 4.78 is 56.6. The van der Waals surface area contributed by atoms with Crippen molar-refractivity contribution in [3.8, 4) is 28.0 Å². The van der Waals surface area contributed by atoms with Crippen LogP contribution >= 0.6 is 0 Å². The average molecular weight is 525 g/mol. The first kappa shape index (κ1) is 26.7. The van der Waals surface area contributed by atoms with Gasteiger partial charge in [0.15, 0.2) is 6.29 Å². The summed E-state index contributed by atoms with van der Waals surface area (Å²) in [7, 11) is 0. The first-order chi connectivity index (χ1) is 18.1. The maximum Gasteiger partial charge on any atom is 0.573 e. The van der Waals surface area contributed by atoms with Crippen molar-refractivity contribution in [3.05, 3.63) is 102 Å². The number of aldehydes is 1. The van der Waals surface area contributed by atoms with Gasteiger partial charge in [0.25, 0.3) is 5.91 Å². The maximum absolute atomic E-state index is 13.7. The molecule has 0 aliphatic heterocycles. The smallest absolute Gasteiger partial charge is 0.406 e. The third-order valence-corrected chi connectivity index (χ3v) is 5.89. The standard InChI is InChI=1S/C29H24F4N2O3/c1-18(2)35-24(17-36)25(21-10-12-22(30)13-11-21)26(20-6-4-3-5-7-20)27(35)28(37)34-16-19-8-14-23(15-9-19)38-29(31,32)33/h3-15,17-18H,16H2,1-2H3,(H,34,37). The van der Waals surface area contributed by atoms with Crippen LogP contribution in [0.5, 0.6) is 5.75 Å². The molecule has 0 saturated carbocycles. The quantitative estimate of drug-likeness (QED) is 0.196. The number of aromatic nitrogens is 1. The van der Waals surface area contributed by atoms with Crippen molar-refractivity contribution in [3.63, 3.8) is 0 Å². The Kier molecular flexibility index (Phi) is 7.66. The first-order valence-corrected chi connectivity index (χ1v) is 11.8. The highest BCUT2D eigenvalue weighted by atomic mass is 19.4. The molecule has 9 heteroatoms. The zero-order valence-electron chi connectivity index (χ0n) is 20.6. The molecule has 1 N–H and O–H groups in total. The van der Waals surface area contributed by atoms with Crippen LogP contribution in [0, 0.1) is 5.82 Å². The summed E-state index contributed by atoms with van der Waals surface area (Å²) in [6.07, 6.45) is -4.12. The molecule has 0 radical (unpaired) electrons. The number of rotatable bonds is 8. The number of halogens is 4. The van der Waals surface area contributed by atoms with E-state index in [1.54, 1.807) is 16.7 Å². The third-order valence-electron chi connectivity index (χ3n) is 5.89. The minimum absolute atomic E-state index is 0.0188. The number of alkyl halides is 3. The van der Waals surface area contributed by atoms with Gasteiger partial charge in [0, 0.05) is 23.7 Å². The highest BCUT2D eigenvalue weighted by Crippen LogP contribution is 2.41. The predicted molar refractivity (Wildman–Crippen MR) is 135 cm³/mol. The Balaban J connectivity index is 1.78. The fraction of sp³-hybridized carbons (Fsp3) is 0.172. The van der Waals surface area contributed by atoms with E-state index in [1.807, 2.05) is 44.2 Å². The molecule has 0 saturated heterocycles. The molecule has 1 heterocycles. The van der Waals surface area contributed by atoms with E-state index in [0.29, 0.717) is 34.1 Å². The Hall–Kier alpha value is -4.40. The van der Waals surface area contributed by atoms with Crippen molar-refractivity contribution < 1.29 is 31.9 Å². The summed E-state index contributed by atoms with van der Waals surface area (Å²) in [5.74, 6) is -1.28. The molecule has 38 heavy (non-hydrogen) atoms. The van der Waals surface area contributed by atoms with E-state index in [9.17, 15) is 27.2 Å². The van der Waals surface area contributed by atoms with E-state index in [1.165, 1.54) is 36.4 Å². The Morgan fingerprint density at radius 1 is 0.921 bits per heavy atom. The van der Waals surface area contributed by atoms with E-state index in [-0.39, 0.29) is 29.7 Å². The van der Waals surface area contributed by atoms with Gasteiger partial charge in [0.05, 0.1) is 5.69 Å². The molecule has 196 valence electrons. The molecular weight excluding hydrogens is 500 g/mol. The molecule has 0 aliphatic rings. The number of carbonyl (C=O) groups is 2. The van der Waals surface area contributed by atoms with Crippen molar-refractivity contribution in [2.75, 3.05) is 0 Å². The van der Waals surface area contributed by atoms with E-state index >= 15 is 0 Å². The zero-order chi connectivity index (χ0) is 27.4. The fourth-order valence-corrected chi connectivity index (χ4v) is 4.35. The van der Waals surface area contributed by atoms with Crippen LogP contribution in [0.1, 0.15) is 46.4 Å². The first-order valence-electron chi connectivity index (χ1n) is 11.8. The number of nitrogens with zero attached hydrogens (tertiary/aromatic N) is 1. The van der Waals surface area contributed by atoms with Gasteiger partial charge in [-0.05, 0) is 54.8 Å². The molecule has 0 atom stereocenters. The van der Waals surface area contributed by atoms with Gasteiger partial charge in [-0.3, -0.25) is 9.59 Å². The Labute approximate surface area is 216 Å². The second-order valence-electron chi connectivity index (χ2n) is 8.81. The van der Waals surface area contributed by atoms with Crippen molar-refractivity contribution in [1.29, 1.82) is 0 Å². The van der Waals surface area contributed by atoms with Crippen molar-refractivity contribution in [2.45, 2.75) is 32.8 Å². The molecule has 0 aliphatic carbocycles. The number of nitrogens with one attached hydrogen (secondary N) is 1. The van der Waals surface area contributed by atoms with Gasteiger partial charge < -0.3 is 14.6 Å². The molecule has 4 rings (SSSR count). The molecule has 5 nitrogen and oxygen atoms in total. The Morgan fingerprint density at radius 2 is 1.53 bits per heavy atom. The molecule has 0 bridgehead atoms. The molecular formula is C29H24F4N2O3. The summed E-state index contributed by atoms with van der Waals surface area (Å²) in [5, 5.41) is 2.81. The normalized spacial score (nSPS) is 11.4. The molecule has 0 unspecified atom stereocenters. The summed E-state index contributed by atoms with van der Waals surface area (Å²) in [4.78, 5) is 26.1. The summed E-state index contributed by atoms with van der Waals surface area (Å²) in [6, 6.07) is 19.7. The minimum Gasteiger partial charge on any atom is -0.406 e. The minimum atomic E-state index is -4.80. The van der Waals surface area contributed by atoms with E-state index in [2.05, 4.69) is 10.1 Å². The van der Waals surface area contributed by atoms with Crippen molar-refractivity contribution in [2.24, 2.45) is 0 Å². The van der Waals surface area contributed by atoms with Gasteiger partial charge in [0.1, 0.15) is 17.3 Å². The molecule has 0 spiro atoms. The van der Waals surface area contributed by atoms with Gasteiger partial charge in [-0.15, -0.1) is 13.2 Å². The Morgan fingerprint density at radius 3 is 2.08 bits per heavy atom. The molecule has 4 aromatic rings. The number of ether oxygens (including phenoxy) is 1. The predicted octanol–water partition coefficient (Wildman–Crippen LogP) is 7.18. The molecule has 1 aromatic heterocycles. The second-order valence-corrected chi connectivity index (χ2v) is 8.81. The van der Waals surface area contributed by atoms with Crippen LogP contribution < -0.4 is 10.1 Å². The summed E-state index contributed by atoms with van der Waals surface area (Å²) >= 11 is 0. The lowest BCUT2D eigenvalue weighted by molar-refractivity contribution is -0.274. The number of amides is 1. The van der Waals surface area contributed by atoms with Crippen LogP contribution in [0.15, 0.2) is 78.9 Å². The average Bonchev–Trinajstić information content (AvgIpc) is 3.24. The van der Waals surface area contributed by atoms with Crippen LogP contribution in [-0.2, 0) is 6.54 Å². The van der Waals surface area contributed by atoms with Crippen LogP contribution in [0.2, 0.25) is 0 Å². The van der Waals surface area contributed by atoms with Gasteiger partial charge >= 0.3 is 6.36 Å². The van der Waals surface area contributed by atoms with Crippen molar-refractivity contribution in [1.82, 2.24) is 9.88 Å². The topological polar surface area (TPSA) is 60.3 Å². The monoisotopic (exact) mass is 524 g/mol. The lowest BCUT2D eigenvalue weighted by Crippen LogP contribution is -2.27. The number of hydrogen-bond donors (Lipinski definition) is 1. The van der Waals surface area contributed by atoms with Crippen LogP contribution in [-0.4, -0.2) is 23.1 Å². The van der Waals surface area contributed by atoms with Crippen LogP contribution in [0.3, 0.4) is 0 Å². The van der Waals surface area contributed by atoms with Gasteiger partial charge in [0.2, 0.25) is 0 Å². The SMILES string of the molecule is CC(C)n1c(C=O)c(-c2ccc(F)cc2)c(-c2ccccc2)c1C(=O)NCc1ccc(OC(F)(F)F)cc1. The lowest BCUT2D eigenvalue weighted by Gasteiger charge is -2.16. The van der Waals surface area contributed by atoms with E-state index in [4.69, 9.17) is 0 Å². The highest BCUT2D eigenvalue weighted by molar-refractivity contribution is 6.08. The second kappa shape index (κ2) is 10.9. The third kappa shape index (κ3) is 5.77. The molecule has 0 fully saturated rings. The van der Waals surface area contributed by atoms with Gasteiger partial charge in [-0.25, -0.2) is 4.39 Å². The molecule has 3 aromatic carbocycles. The summed E-state index contributed by atoms with van der Waals surface area (Å²) in [6.45, 7) is 3.70. The van der Waals surface area contributed by atoms with Crippen molar-refractivity contribution >= 4 is 12.2 Å². The highest BCUT2D eigenvalue weighted by Gasteiger charge is 2.31. The number of benzene rings is 3. The zero-order valence-corrected chi connectivity index (χ0v) is 20.6. The van der Waals surface area contributed by atoms with Gasteiger partial charge in [-0.1, -0.05) is 54.6 Å². The van der Waals surface area contributed by atoms with E-state index in [0.717, 1.165) is 0 Å². The largest absolute Gasteiger partial charge is 0.573 e. The van der Waals surface area contributed by atoms with Crippen LogP contribution in [0.25, 0.3) is 22.3 Å². The Bertz CT molecular complexity index is 1430. The summed E-state index contributed by atoms with van der Waals surface area (Å²) in [5.41, 5.74) is 3.33.